The third-order valence-corrected chi connectivity index (χ3v) is 2.19. The molecule has 2 aliphatic heterocycles. The monoisotopic (exact) mass is 222 g/mol. The maximum absolute atomic E-state index is 11.8. The van der Waals surface area contributed by atoms with Crippen LogP contribution in [0, 0.1) is 0 Å². The van der Waals surface area contributed by atoms with Crippen molar-refractivity contribution in [1.29, 1.82) is 0 Å². The highest BCUT2D eigenvalue weighted by molar-refractivity contribution is 6.15. The fraction of sp³-hybridized carbons (Fsp3) is 0.444. The van der Waals surface area contributed by atoms with Crippen LogP contribution in [0.25, 0.3) is 0 Å². The zero-order valence-electron chi connectivity index (χ0n) is 8.93. The Morgan fingerprint density at radius 2 is 1.38 bits per heavy atom. The van der Waals surface area contributed by atoms with Gasteiger partial charge in [0.25, 0.3) is 11.8 Å². The van der Waals surface area contributed by atoms with Crippen LogP contribution >= 0.6 is 0 Å². The number of rotatable bonds is 0. The van der Waals surface area contributed by atoms with E-state index in [9.17, 15) is 14.4 Å². The topological polar surface area (TPSA) is 82.4 Å². The van der Waals surface area contributed by atoms with Gasteiger partial charge in [-0.25, -0.2) is 4.79 Å². The molecule has 0 fully saturated rings. The van der Waals surface area contributed by atoms with Gasteiger partial charge >= 0.3 is 6.03 Å². The molecule has 2 aliphatic rings. The Labute approximate surface area is 91.4 Å². The second-order valence-corrected chi connectivity index (χ2v) is 3.72. The molecule has 0 atom stereocenters. The van der Waals surface area contributed by atoms with E-state index in [4.69, 9.17) is 0 Å². The van der Waals surface area contributed by atoms with E-state index in [2.05, 4.69) is 10.2 Å². The van der Waals surface area contributed by atoms with Gasteiger partial charge in [0.15, 0.2) is 0 Å². The Morgan fingerprint density at radius 1 is 1.00 bits per heavy atom. The largest absolute Gasteiger partial charge is 0.375 e. The zero-order valence-corrected chi connectivity index (χ0v) is 8.93. The summed E-state index contributed by atoms with van der Waals surface area (Å²) in [4.78, 5) is 34.5. The molecule has 7 heteroatoms. The summed E-state index contributed by atoms with van der Waals surface area (Å²) >= 11 is 0. The fourth-order valence-corrected chi connectivity index (χ4v) is 1.50. The summed E-state index contributed by atoms with van der Waals surface area (Å²) in [5, 5.41) is 8.90. The lowest BCUT2D eigenvalue weighted by atomic mass is 10.3. The molecule has 84 valence electrons. The van der Waals surface area contributed by atoms with Gasteiger partial charge < -0.3 is 0 Å². The van der Waals surface area contributed by atoms with Crippen LogP contribution in [-0.4, -0.2) is 39.3 Å². The van der Waals surface area contributed by atoms with Gasteiger partial charge in [0.05, 0.1) is 12.8 Å². The van der Waals surface area contributed by atoms with E-state index >= 15 is 0 Å². The fourth-order valence-electron chi connectivity index (χ4n) is 1.50. The van der Waals surface area contributed by atoms with Gasteiger partial charge in [-0.1, -0.05) is 0 Å². The van der Waals surface area contributed by atoms with Crippen LogP contribution in [0.4, 0.5) is 4.79 Å². The van der Waals surface area contributed by atoms with Gasteiger partial charge in [0, 0.05) is 11.4 Å². The van der Waals surface area contributed by atoms with Crippen molar-refractivity contribution >= 4 is 29.3 Å². The highest BCUT2D eigenvalue weighted by atomic mass is 16.2. The van der Waals surface area contributed by atoms with Crippen LogP contribution in [0.2, 0.25) is 0 Å². The number of urea groups is 1. The minimum absolute atomic E-state index is 0.108. The van der Waals surface area contributed by atoms with Crippen molar-refractivity contribution in [2.75, 3.05) is 0 Å². The molecule has 2 heterocycles. The van der Waals surface area contributed by atoms with Gasteiger partial charge in [-0.3, -0.25) is 9.59 Å². The molecular formula is C9H10N4O3. The molecule has 0 spiro atoms. The summed E-state index contributed by atoms with van der Waals surface area (Å²) < 4.78 is 0. The summed E-state index contributed by atoms with van der Waals surface area (Å²) in [6.07, 6.45) is 0.215. The summed E-state index contributed by atoms with van der Waals surface area (Å²) in [5.74, 6) is -0.870. The molecule has 0 radical (unpaired) electrons. The molecule has 0 aromatic rings. The van der Waals surface area contributed by atoms with Gasteiger partial charge in [0.1, 0.15) is 0 Å². The number of amides is 4. The van der Waals surface area contributed by atoms with Crippen LogP contribution in [0.3, 0.4) is 0 Å². The highest BCUT2D eigenvalue weighted by Gasteiger charge is 2.36. The van der Waals surface area contributed by atoms with E-state index in [1.54, 1.807) is 13.8 Å². The van der Waals surface area contributed by atoms with Crippen molar-refractivity contribution in [2.24, 2.45) is 10.2 Å². The van der Waals surface area contributed by atoms with Crippen molar-refractivity contribution in [3.63, 3.8) is 0 Å². The molecule has 0 aromatic carbocycles. The molecule has 7 nitrogen and oxygen atoms in total. The van der Waals surface area contributed by atoms with Crippen molar-refractivity contribution < 1.29 is 14.4 Å². The number of carbonyl (C=O) groups excluding carboxylic acids is 3. The third kappa shape index (κ3) is 1.60. The minimum Gasteiger partial charge on any atom is -0.272 e. The Morgan fingerprint density at radius 3 is 1.62 bits per heavy atom. The number of hydrazone groups is 2. The molecule has 4 amide bonds. The Bertz CT molecular complexity index is 412. The van der Waals surface area contributed by atoms with Gasteiger partial charge in [-0.05, 0) is 13.8 Å². The lowest BCUT2D eigenvalue weighted by molar-refractivity contribution is -0.129. The lowest BCUT2D eigenvalue weighted by Gasteiger charge is -2.14. The van der Waals surface area contributed by atoms with E-state index in [0.29, 0.717) is 21.4 Å². The van der Waals surface area contributed by atoms with E-state index in [0.717, 1.165) is 0 Å². The molecule has 0 N–H and O–H groups in total. The molecule has 0 aromatic heterocycles. The first kappa shape index (κ1) is 10.5. The first-order chi connectivity index (χ1) is 7.49. The van der Waals surface area contributed by atoms with Crippen molar-refractivity contribution in [3.8, 4) is 0 Å². The predicted octanol–water partition coefficient (Wildman–Crippen LogP) is 0.323. The first-order valence-corrected chi connectivity index (χ1v) is 4.77. The average molecular weight is 222 g/mol. The van der Waals surface area contributed by atoms with Crippen LogP contribution in [0.15, 0.2) is 10.2 Å². The number of hydrogen-bond donors (Lipinski definition) is 0. The van der Waals surface area contributed by atoms with Crippen LogP contribution in [-0.2, 0) is 9.59 Å². The minimum atomic E-state index is -0.802. The Hall–Kier alpha value is -2.05. The van der Waals surface area contributed by atoms with Crippen LogP contribution in [0.1, 0.15) is 26.7 Å². The maximum atomic E-state index is 11.8. The van der Waals surface area contributed by atoms with E-state index in [1.807, 2.05) is 0 Å². The van der Waals surface area contributed by atoms with Crippen molar-refractivity contribution in [3.05, 3.63) is 0 Å². The SMILES string of the molecule is CC1=NN(C(=O)N2N=C(C)CC2=O)C(=O)C1. The second kappa shape index (κ2) is 3.51. The Kier molecular flexibility index (Phi) is 2.30. The lowest BCUT2D eigenvalue weighted by Crippen LogP contribution is -2.40. The van der Waals surface area contributed by atoms with Crippen LogP contribution in [0.5, 0.6) is 0 Å². The molecule has 0 aliphatic carbocycles. The first-order valence-electron chi connectivity index (χ1n) is 4.77. The van der Waals surface area contributed by atoms with Crippen molar-refractivity contribution in [2.45, 2.75) is 26.7 Å². The summed E-state index contributed by atoms with van der Waals surface area (Å²) in [6.45, 7) is 3.29. The molecule has 16 heavy (non-hydrogen) atoms. The van der Waals surface area contributed by atoms with E-state index in [-0.39, 0.29) is 12.8 Å². The normalized spacial score (nSPS) is 20.4. The van der Waals surface area contributed by atoms with Gasteiger partial charge in [-0.15, -0.1) is 10.0 Å². The molecule has 0 saturated heterocycles. The summed E-state index contributed by atoms with van der Waals surface area (Å²) in [5.41, 5.74) is 1.09. The van der Waals surface area contributed by atoms with Crippen molar-refractivity contribution in [1.82, 2.24) is 10.0 Å². The quantitative estimate of drug-likeness (QED) is 0.591. The molecule has 2 rings (SSSR count). The van der Waals surface area contributed by atoms with Gasteiger partial charge in [0.2, 0.25) is 0 Å². The molecule has 0 saturated carbocycles. The standard InChI is InChI=1S/C9H10N4O3/c1-5-3-7(14)12(10-5)9(16)13-8(15)4-6(2)11-13/h3-4H2,1-2H3. The average Bonchev–Trinajstić information content (AvgIpc) is 2.68. The van der Waals surface area contributed by atoms with Crippen LogP contribution < -0.4 is 0 Å². The predicted molar refractivity (Wildman–Crippen MR) is 54.5 cm³/mol. The van der Waals surface area contributed by atoms with E-state index < -0.39 is 17.8 Å². The third-order valence-electron chi connectivity index (χ3n) is 2.19. The number of hydrogen-bond acceptors (Lipinski definition) is 5. The summed E-state index contributed by atoms with van der Waals surface area (Å²) in [7, 11) is 0. The molecule has 0 bridgehead atoms. The molecule has 0 unspecified atom stereocenters. The number of nitrogens with zero attached hydrogens (tertiary/aromatic N) is 4. The Balaban J connectivity index is 2.20. The smallest absolute Gasteiger partial charge is 0.272 e. The maximum Gasteiger partial charge on any atom is 0.375 e. The zero-order chi connectivity index (χ0) is 11.9. The number of imide groups is 2. The molecular weight excluding hydrogens is 212 g/mol. The number of carbonyl (C=O) groups is 3. The van der Waals surface area contributed by atoms with E-state index in [1.165, 1.54) is 0 Å². The second-order valence-electron chi connectivity index (χ2n) is 3.72. The summed E-state index contributed by atoms with van der Waals surface area (Å²) in [6, 6.07) is -0.802. The van der Waals surface area contributed by atoms with Gasteiger partial charge in [-0.2, -0.15) is 10.2 Å². The highest BCUT2D eigenvalue weighted by Crippen LogP contribution is 2.15.